The van der Waals surface area contributed by atoms with Crippen LogP contribution in [0.2, 0.25) is 0 Å². The molecule has 3 heterocycles. The summed E-state index contributed by atoms with van der Waals surface area (Å²) in [7, 11) is -3.46. The van der Waals surface area contributed by atoms with Crippen LogP contribution in [-0.2, 0) is 22.9 Å². The van der Waals surface area contributed by atoms with Gasteiger partial charge in [0.15, 0.2) is 0 Å². The van der Waals surface area contributed by atoms with Crippen molar-refractivity contribution in [1.29, 1.82) is 0 Å². The number of fused-ring (bicyclic) bond motifs is 1. The Morgan fingerprint density at radius 3 is 2.69 bits per heavy atom. The average Bonchev–Trinajstić information content (AvgIpc) is 3.44. The topological polar surface area (TPSA) is 105 Å². The van der Waals surface area contributed by atoms with Gasteiger partial charge in [-0.15, -0.1) is 0 Å². The van der Waals surface area contributed by atoms with Gasteiger partial charge in [0.1, 0.15) is 11.5 Å². The Hall–Kier alpha value is -2.65. The van der Waals surface area contributed by atoms with Gasteiger partial charge >= 0.3 is 0 Å². The minimum atomic E-state index is -3.46. The number of hydrogen-bond donors (Lipinski definition) is 1. The van der Waals surface area contributed by atoms with Crippen LogP contribution in [0.25, 0.3) is 11.5 Å². The molecule has 0 spiro atoms. The highest BCUT2D eigenvalue weighted by Gasteiger charge is 2.32. The monoisotopic (exact) mass is 410 g/mol. The summed E-state index contributed by atoms with van der Waals surface area (Å²) in [6, 6.07) is 5.60. The van der Waals surface area contributed by atoms with Crippen molar-refractivity contribution in [1.82, 2.24) is 29.5 Å². The largest absolute Gasteiger partial charge is 0.262 e. The maximum absolute atomic E-state index is 13.1. The number of hydrogen-bond acceptors (Lipinski definition) is 6. The molecule has 8 nitrogen and oxygen atoms in total. The van der Waals surface area contributed by atoms with Crippen molar-refractivity contribution < 1.29 is 8.42 Å². The fraction of sp³-hybridized carbons (Fsp3) is 0.400. The number of sulfonamides is 1. The Bertz CT molecular complexity index is 1120. The SMILES string of the molecule is O=S(=O)(c1ccc2c(c1)CCC2)N1CCC(c2nc(-c3cnccn3)n[nH]2)CC1. The third kappa shape index (κ3) is 3.44. The molecular formula is C20H22N6O2S. The molecule has 0 unspecified atom stereocenters. The van der Waals surface area contributed by atoms with E-state index in [9.17, 15) is 8.42 Å². The lowest BCUT2D eigenvalue weighted by Crippen LogP contribution is -2.38. The van der Waals surface area contributed by atoms with Crippen molar-refractivity contribution >= 4 is 10.0 Å². The molecule has 0 bridgehead atoms. The van der Waals surface area contributed by atoms with Crippen LogP contribution in [-0.4, -0.2) is 51.0 Å². The molecule has 1 aliphatic carbocycles. The predicted molar refractivity (Wildman–Crippen MR) is 107 cm³/mol. The predicted octanol–water partition coefficient (Wildman–Crippen LogP) is 2.32. The standard InChI is InChI=1S/C20H22N6O2S/c27-29(28,17-5-4-14-2-1-3-16(14)12-17)26-10-6-15(7-11-26)19-23-20(25-24-19)18-13-21-8-9-22-18/h4-5,8-9,12-13,15H,1-3,6-7,10-11H2,(H,23,24,25). The van der Waals surface area contributed by atoms with Gasteiger partial charge in [-0.1, -0.05) is 6.07 Å². The van der Waals surface area contributed by atoms with Crippen molar-refractivity contribution in [2.75, 3.05) is 13.1 Å². The number of nitrogens with zero attached hydrogens (tertiary/aromatic N) is 5. The second-order valence-electron chi connectivity index (χ2n) is 7.60. The molecule has 9 heteroatoms. The van der Waals surface area contributed by atoms with Crippen LogP contribution in [0.3, 0.4) is 0 Å². The van der Waals surface area contributed by atoms with Gasteiger partial charge in [0.05, 0.1) is 11.1 Å². The first-order valence-corrected chi connectivity index (χ1v) is 11.4. The zero-order valence-corrected chi connectivity index (χ0v) is 16.8. The molecule has 0 saturated carbocycles. The van der Waals surface area contributed by atoms with E-state index in [1.165, 1.54) is 11.1 Å². The van der Waals surface area contributed by atoms with E-state index >= 15 is 0 Å². The van der Waals surface area contributed by atoms with Crippen molar-refractivity contribution in [2.24, 2.45) is 0 Å². The molecule has 1 aliphatic heterocycles. The van der Waals surface area contributed by atoms with Crippen LogP contribution >= 0.6 is 0 Å². The third-order valence-corrected chi connectivity index (χ3v) is 7.74. The molecule has 1 N–H and O–H groups in total. The Morgan fingerprint density at radius 1 is 1.07 bits per heavy atom. The first kappa shape index (κ1) is 18.4. The molecule has 2 aromatic heterocycles. The first-order chi connectivity index (χ1) is 14.1. The van der Waals surface area contributed by atoms with Gasteiger partial charge in [0.2, 0.25) is 15.8 Å². The molecule has 3 aromatic rings. The van der Waals surface area contributed by atoms with Crippen molar-refractivity contribution in [3.05, 3.63) is 53.7 Å². The lowest BCUT2D eigenvalue weighted by atomic mass is 9.97. The quantitative estimate of drug-likeness (QED) is 0.708. The van der Waals surface area contributed by atoms with Crippen LogP contribution in [0.1, 0.15) is 42.1 Å². The van der Waals surface area contributed by atoms with E-state index < -0.39 is 10.0 Å². The van der Waals surface area contributed by atoms with Crippen molar-refractivity contribution in [2.45, 2.75) is 42.9 Å². The Kier molecular flexibility index (Phi) is 4.63. The Morgan fingerprint density at radius 2 is 1.90 bits per heavy atom. The molecule has 5 rings (SSSR count). The lowest BCUT2D eigenvalue weighted by Gasteiger charge is -2.30. The summed E-state index contributed by atoms with van der Waals surface area (Å²) in [5, 5.41) is 7.23. The Labute approximate surface area is 169 Å². The van der Waals surface area contributed by atoms with Crippen LogP contribution < -0.4 is 0 Å². The summed E-state index contributed by atoms with van der Waals surface area (Å²) in [5.41, 5.74) is 3.08. The zero-order valence-electron chi connectivity index (χ0n) is 16.0. The van der Waals surface area contributed by atoms with Crippen LogP contribution in [0.5, 0.6) is 0 Å². The van der Waals surface area contributed by atoms with Gasteiger partial charge in [-0.3, -0.25) is 10.1 Å². The van der Waals surface area contributed by atoms with Gasteiger partial charge < -0.3 is 0 Å². The fourth-order valence-electron chi connectivity index (χ4n) is 4.21. The minimum Gasteiger partial charge on any atom is -0.262 e. The molecule has 1 saturated heterocycles. The summed E-state index contributed by atoms with van der Waals surface area (Å²) in [4.78, 5) is 13.2. The van der Waals surface area contributed by atoms with Gasteiger partial charge in [0.25, 0.3) is 0 Å². The summed E-state index contributed by atoms with van der Waals surface area (Å²) < 4.78 is 27.8. The highest BCUT2D eigenvalue weighted by Crippen LogP contribution is 2.31. The second-order valence-corrected chi connectivity index (χ2v) is 9.54. The summed E-state index contributed by atoms with van der Waals surface area (Å²) in [6.45, 7) is 0.955. The summed E-state index contributed by atoms with van der Waals surface area (Å²) in [6.07, 6.45) is 9.38. The highest BCUT2D eigenvalue weighted by molar-refractivity contribution is 7.89. The molecule has 0 amide bonds. The van der Waals surface area contributed by atoms with Crippen LogP contribution in [0.4, 0.5) is 0 Å². The molecule has 2 aliphatic rings. The summed E-state index contributed by atoms with van der Waals surface area (Å²) in [5.74, 6) is 1.45. The minimum absolute atomic E-state index is 0.152. The molecule has 1 fully saturated rings. The molecule has 29 heavy (non-hydrogen) atoms. The van der Waals surface area contributed by atoms with E-state index in [1.807, 2.05) is 12.1 Å². The number of rotatable bonds is 4. The van der Waals surface area contributed by atoms with E-state index in [1.54, 1.807) is 29.0 Å². The van der Waals surface area contributed by atoms with Gasteiger partial charge in [-0.2, -0.15) is 9.40 Å². The lowest BCUT2D eigenvalue weighted by molar-refractivity contribution is 0.314. The van der Waals surface area contributed by atoms with E-state index in [2.05, 4.69) is 25.1 Å². The normalized spacial score (nSPS) is 18.1. The molecule has 0 radical (unpaired) electrons. The molecule has 1 aromatic carbocycles. The van der Waals surface area contributed by atoms with Gasteiger partial charge in [-0.05, 0) is 55.4 Å². The Balaban J connectivity index is 1.28. The number of piperidine rings is 1. The average molecular weight is 411 g/mol. The molecular weight excluding hydrogens is 388 g/mol. The number of aryl methyl sites for hydroxylation is 2. The fourth-order valence-corrected chi connectivity index (χ4v) is 5.73. The van der Waals surface area contributed by atoms with Crippen molar-refractivity contribution in [3.8, 4) is 11.5 Å². The number of aromatic amines is 1. The highest BCUT2D eigenvalue weighted by atomic mass is 32.2. The number of nitrogens with one attached hydrogen (secondary N) is 1. The molecule has 150 valence electrons. The van der Waals surface area contributed by atoms with Gasteiger partial charge in [0, 0.05) is 31.4 Å². The summed E-state index contributed by atoms with van der Waals surface area (Å²) >= 11 is 0. The second kappa shape index (κ2) is 7.31. The third-order valence-electron chi connectivity index (χ3n) is 5.84. The maximum atomic E-state index is 13.1. The van der Waals surface area contributed by atoms with Gasteiger partial charge in [-0.25, -0.2) is 18.4 Å². The van der Waals surface area contributed by atoms with E-state index in [0.717, 1.165) is 25.1 Å². The maximum Gasteiger partial charge on any atom is 0.243 e. The van der Waals surface area contributed by atoms with E-state index in [4.69, 9.17) is 0 Å². The smallest absolute Gasteiger partial charge is 0.243 e. The van der Waals surface area contributed by atoms with Crippen molar-refractivity contribution in [3.63, 3.8) is 0 Å². The molecule has 0 atom stereocenters. The van der Waals surface area contributed by atoms with E-state index in [0.29, 0.717) is 42.3 Å². The van der Waals surface area contributed by atoms with Crippen LogP contribution in [0, 0.1) is 0 Å². The first-order valence-electron chi connectivity index (χ1n) is 9.92. The number of H-pyrrole nitrogens is 1. The van der Waals surface area contributed by atoms with Crippen LogP contribution in [0.15, 0.2) is 41.7 Å². The zero-order chi connectivity index (χ0) is 19.8. The number of aromatic nitrogens is 5. The van der Waals surface area contributed by atoms with E-state index in [-0.39, 0.29) is 5.92 Å². The number of benzene rings is 1.